The fraction of sp³-hybridized carbons (Fsp3) is 0.600. The van der Waals surface area contributed by atoms with Crippen LogP contribution in [0.3, 0.4) is 0 Å². The first-order chi connectivity index (χ1) is 8.38. The molecule has 0 spiro atoms. The number of rotatable bonds is 6. The van der Waals surface area contributed by atoms with Crippen LogP contribution in [0.15, 0.2) is 11.2 Å². The molecular weight excluding hydrogens is 278 g/mol. The maximum atomic E-state index is 11.6. The van der Waals surface area contributed by atoms with Gasteiger partial charge in [-0.1, -0.05) is 13.8 Å². The first kappa shape index (κ1) is 15.0. The lowest BCUT2D eigenvalue weighted by molar-refractivity contribution is -0.121. The minimum atomic E-state index is -3.86. The zero-order valence-corrected chi connectivity index (χ0v) is 11.9. The van der Waals surface area contributed by atoms with Gasteiger partial charge in [-0.15, -0.1) is 0 Å². The van der Waals surface area contributed by atoms with E-state index < -0.39 is 9.05 Å². The van der Waals surface area contributed by atoms with Gasteiger partial charge in [0.15, 0.2) is 5.03 Å². The average molecular weight is 294 g/mol. The molecule has 0 aliphatic carbocycles. The number of aryl methyl sites for hydroxylation is 1. The molecule has 0 bridgehead atoms. The highest BCUT2D eigenvalue weighted by Crippen LogP contribution is 2.14. The molecule has 0 aliphatic rings. The van der Waals surface area contributed by atoms with Crippen LogP contribution >= 0.6 is 10.7 Å². The molecule has 0 radical (unpaired) electrons. The number of nitrogens with zero attached hydrogens (tertiary/aromatic N) is 2. The molecule has 0 atom stereocenters. The second-order valence-corrected chi connectivity index (χ2v) is 6.28. The quantitative estimate of drug-likeness (QED) is 0.790. The van der Waals surface area contributed by atoms with Crippen molar-refractivity contribution >= 4 is 25.6 Å². The van der Waals surface area contributed by atoms with Crippen LogP contribution in [0, 0.1) is 0 Å². The lowest BCUT2D eigenvalue weighted by atomic mass is 10.4. The first-order valence-corrected chi connectivity index (χ1v) is 7.96. The highest BCUT2D eigenvalue weighted by molar-refractivity contribution is 8.13. The summed E-state index contributed by atoms with van der Waals surface area (Å²) in [4.78, 5) is 15.5. The molecule has 0 aromatic carbocycles. The average Bonchev–Trinajstić information content (AvgIpc) is 2.69. The van der Waals surface area contributed by atoms with Crippen molar-refractivity contribution in [3.8, 4) is 0 Å². The predicted molar refractivity (Wildman–Crippen MR) is 67.9 cm³/mol. The summed E-state index contributed by atoms with van der Waals surface area (Å²) in [5, 5.41) is 2.49. The molecule has 0 saturated carbocycles. The number of amides is 1. The Labute approximate surface area is 111 Å². The van der Waals surface area contributed by atoms with Crippen LogP contribution < -0.4 is 5.32 Å². The maximum Gasteiger partial charge on any atom is 0.280 e. The predicted octanol–water partition coefficient (Wildman–Crippen LogP) is 0.899. The zero-order chi connectivity index (χ0) is 13.8. The molecule has 102 valence electrons. The van der Waals surface area contributed by atoms with Crippen LogP contribution in [0.2, 0.25) is 0 Å². The van der Waals surface area contributed by atoms with E-state index in [0.29, 0.717) is 18.8 Å². The minimum absolute atomic E-state index is 0.0442. The van der Waals surface area contributed by atoms with Crippen LogP contribution in [0.5, 0.6) is 0 Å². The van der Waals surface area contributed by atoms with Gasteiger partial charge in [0, 0.05) is 29.8 Å². The third-order valence-electron chi connectivity index (χ3n) is 2.29. The fourth-order valence-corrected chi connectivity index (χ4v) is 2.13. The Kier molecular flexibility index (Phi) is 5.15. The van der Waals surface area contributed by atoms with E-state index in [4.69, 9.17) is 10.7 Å². The summed E-state index contributed by atoms with van der Waals surface area (Å²) in [6, 6.07) is 0. The van der Waals surface area contributed by atoms with Crippen molar-refractivity contribution in [1.29, 1.82) is 0 Å². The number of hydrogen-bond acceptors (Lipinski definition) is 4. The highest BCUT2D eigenvalue weighted by atomic mass is 35.7. The van der Waals surface area contributed by atoms with Crippen molar-refractivity contribution in [2.75, 3.05) is 6.54 Å². The van der Waals surface area contributed by atoms with Gasteiger partial charge in [-0.3, -0.25) is 4.79 Å². The van der Waals surface area contributed by atoms with E-state index >= 15 is 0 Å². The number of carbonyl (C=O) groups excluding carboxylic acids is 1. The Balaban J connectivity index is 2.88. The second-order valence-electron chi connectivity index (χ2n) is 3.76. The van der Waals surface area contributed by atoms with Gasteiger partial charge >= 0.3 is 0 Å². The minimum Gasteiger partial charge on any atom is -0.355 e. The molecule has 1 aromatic rings. The van der Waals surface area contributed by atoms with E-state index in [1.54, 1.807) is 0 Å². The number of hydrogen-bond donors (Lipinski definition) is 1. The summed E-state index contributed by atoms with van der Waals surface area (Å²) in [5.41, 5.74) is 0. The molecule has 1 amide bonds. The molecule has 0 fully saturated rings. The second kappa shape index (κ2) is 6.19. The topological polar surface area (TPSA) is 81.1 Å². The monoisotopic (exact) mass is 293 g/mol. The van der Waals surface area contributed by atoms with E-state index in [0.717, 1.165) is 6.42 Å². The van der Waals surface area contributed by atoms with Crippen molar-refractivity contribution in [3.63, 3.8) is 0 Å². The molecule has 1 heterocycles. The van der Waals surface area contributed by atoms with Gasteiger partial charge in [0.2, 0.25) is 5.91 Å². The molecule has 18 heavy (non-hydrogen) atoms. The molecule has 0 unspecified atom stereocenters. The van der Waals surface area contributed by atoms with Crippen LogP contribution in [-0.2, 0) is 26.8 Å². The van der Waals surface area contributed by atoms with Crippen molar-refractivity contribution in [1.82, 2.24) is 14.9 Å². The van der Waals surface area contributed by atoms with Gasteiger partial charge in [0.25, 0.3) is 9.05 Å². The molecule has 1 N–H and O–H groups in total. The third-order valence-corrected chi connectivity index (χ3v) is 3.46. The first-order valence-electron chi connectivity index (χ1n) is 5.65. The van der Waals surface area contributed by atoms with Crippen molar-refractivity contribution < 1.29 is 13.2 Å². The molecule has 8 heteroatoms. The Hall–Kier alpha value is -1.08. The third kappa shape index (κ3) is 3.99. The number of carbonyl (C=O) groups is 1. The normalized spacial score (nSPS) is 11.5. The Bertz CT molecular complexity index is 524. The van der Waals surface area contributed by atoms with E-state index in [1.807, 2.05) is 13.8 Å². The molecule has 6 nitrogen and oxygen atoms in total. The standard InChI is InChI=1S/C10H16ClN3O3S/c1-3-5-12-9(15)6-14-7-10(18(11,16)17)13-8(14)4-2/h7H,3-6H2,1-2H3,(H,12,15). The van der Waals surface area contributed by atoms with Crippen LogP contribution in [-0.4, -0.2) is 30.4 Å². The summed E-state index contributed by atoms with van der Waals surface area (Å²) >= 11 is 0. The molecule has 0 aliphatic heterocycles. The fourth-order valence-electron chi connectivity index (χ4n) is 1.44. The summed E-state index contributed by atoms with van der Waals surface area (Å²) in [6.07, 6.45) is 2.65. The molecule has 0 saturated heterocycles. The number of imidazole rings is 1. The Morgan fingerprint density at radius 2 is 2.17 bits per heavy atom. The lowest BCUT2D eigenvalue weighted by Crippen LogP contribution is -2.28. The van der Waals surface area contributed by atoms with Crippen molar-refractivity contribution in [2.24, 2.45) is 0 Å². The Morgan fingerprint density at radius 1 is 1.50 bits per heavy atom. The van der Waals surface area contributed by atoms with Gasteiger partial charge in [-0.05, 0) is 6.42 Å². The SMILES string of the molecule is CCCNC(=O)Cn1cc(S(=O)(=O)Cl)nc1CC. The van der Waals surface area contributed by atoms with Crippen LogP contribution in [0.1, 0.15) is 26.1 Å². The molecule has 1 rings (SSSR count). The number of aromatic nitrogens is 2. The van der Waals surface area contributed by atoms with E-state index in [1.165, 1.54) is 10.8 Å². The van der Waals surface area contributed by atoms with E-state index in [2.05, 4.69) is 10.3 Å². The van der Waals surface area contributed by atoms with Gasteiger partial charge in [-0.2, -0.15) is 0 Å². The van der Waals surface area contributed by atoms with Crippen LogP contribution in [0.4, 0.5) is 0 Å². The lowest BCUT2D eigenvalue weighted by Gasteiger charge is -2.06. The Morgan fingerprint density at radius 3 is 2.67 bits per heavy atom. The summed E-state index contributed by atoms with van der Waals surface area (Å²) in [5.74, 6) is 0.336. The number of halogens is 1. The van der Waals surface area contributed by atoms with Crippen molar-refractivity contribution in [2.45, 2.75) is 38.3 Å². The van der Waals surface area contributed by atoms with Gasteiger partial charge in [0.05, 0.1) is 0 Å². The molecule has 1 aromatic heterocycles. The zero-order valence-electron chi connectivity index (χ0n) is 10.3. The maximum absolute atomic E-state index is 11.6. The van der Waals surface area contributed by atoms with E-state index in [9.17, 15) is 13.2 Å². The molecular formula is C10H16ClN3O3S. The highest BCUT2D eigenvalue weighted by Gasteiger charge is 2.18. The van der Waals surface area contributed by atoms with Crippen molar-refractivity contribution in [3.05, 3.63) is 12.0 Å². The number of nitrogens with one attached hydrogen (secondary N) is 1. The summed E-state index contributed by atoms with van der Waals surface area (Å²) in [6.45, 7) is 4.42. The van der Waals surface area contributed by atoms with Gasteiger partial charge in [0.1, 0.15) is 12.4 Å². The van der Waals surface area contributed by atoms with Gasteiger partial charge < -0.3 is 9.88 Å². The van der Waals surface area contributed by atoms with Gasteiger partial charge in [-0.25, -0.2) is 13.4 Å². The summed E-state index contributed by atoms with van der Waals surface area (Å²) < 4.78 is 23.8. The van der Waals surface area contributed by atoms with E-state index in [-0.39, 0.29) is 17.5 Å². The van der Waals surface area contributed by atoms with Crippen LogP contribution in [0.25, 0.3) is 0 Å². The smallest absolute Gasteiger partial charge is 0.280 e. The largest absolute Gasteiger partial charge is 0.355 e. The summed E-state index contributed by atoms with van der Waals surface area (Å²) in [7, 11) is 1.36.